The second-order valence-corrected chi connectivity index (χ2v) is 5.60. The quantitative estimate of drug-likeness (QED) is 0.831. The number of halogens is 3. The summed E-state index contributed by atoms with van der Waals surface area (Å²) in [7, 11) is 0. The first-order valence-corrected chi connectivity index (χ1v) is 7.03. The van der Waals surface area contributed by atoms with E-state index in [2.05, 4.69) is 31.9 Å². The molecule has 0 amide bonds. The van der Waals surface area contributed by atoms with Gasteiger partial charge in [0.05, 0.1) is 10.6 Å². The van der Waals surface area contributed by atoms with Crippen molar-refractivity contribution >= 4 is 31.9 Å². The summed E-state index contributed by atoms with van der Waals surface area (Å²) in [5.74, 6) is -0.313. The van der Waals surface area contributed by atoms with Crippen molar-refractivity contribution < 1.29 is 9.50 Å². The summed E-state index contributed by atoms with van der Waals surface area (Å²) in [6.45, 7) is 0. The Bertz CT molecular complexity index is 557. The van der Waals surface area contributed by atoms with Crippen molar-refractivity contribution in [2.24, 2.45) is 0 Å². The summed E-state index contributed by atoms with van der Waals surface area (Å²) >= 11 is 6.60. The zero-order valence-electron chi connectivity index (χ0n) is 9.41. The molecule has 2 aromatic rings. The second-order valence-electron chi connectivity index (χ2n) is 3.95. The van der Waals surface area contributed by atoms with Crippen LogP contribution in [0, 0.1) is 5.82 Å². The van der Waals surface area contributed by atoms with Crippen LogP contribution in [0.2, 0.25) is 0 Å². The minimum Gasteiger partial charge on any atom is -0.388 e. The maximum atomic E-state index is 13.4. The van der Waals surface area contributed by atoms with E-state index in [1.165, 1.54) is 6.07 Å². The molecular weight excluding hydrogens is 363 g/mol. The van der Waals surface area contributed by atoms with E-state index >= 15 is 0 Å². The van der Waals surface area contributed by atoms with Crippen molar-refractivity contribution in [3.8, 4) is 0 Å². The molecule has 2 aromatic carbocycles. The van der Waals surface area contributed by atoms with E-state index in [1.54, 1.807) is 12.1 Å². The van der Waals surface area contributed by atoms with Crippen LogP contribution in [0.1, 0.15) is 17.2 Å². The van der Waals surface area contributed by atoms with Crippen LogP contribution in [0.3, 0.4) is 0 Å². The lowest BCUT2D eigenvalue weighted by Crippen LogP contribution is -2.03. The summed E-state index contributed by atoms with van der Waals surface area (Å²) in [4.78, 5) is 0. The molecule has 1 unspecified atom stereocenters. The Morgan fingerprint density at radius 2 is 1.78 bits per heavy atom. The number of hydrogen-bond acceptors (Lipinski definition) is 1. The van der Waals surface area contributed by atoms with Crippen LogP contribution < -0.4 is 0 Å². The highest BCUT2D eigenvalue weighted by molar-refractivity contribution is 9.10. The Morgan fingerprint density at radius 3 is 2.50 bits per heavy atom. The standard InChI is InChI=1S/C14H11Br2FO/c15-11-6-2-1-5-10(11)13(18)8-9-4-3-7-12(17)14(9)16/h1-7,13,18H,8H2. The first-order valence-electron chi connectivity index (χ1n) is 5.45. The van der Waals surface area contributed by atoms with E-state index in [-0.39, 0.29) is 5.82 Å². The monoisotopic (exact) mass is 372 g/mol. The van der Waals surface area contributed by atoms with Crippen LogP contribution in [0.25, 0.3) is 0 Å². The van der Waals surface area contributed by atoms with Gasteiger partial charge in [-0.1, -0.05) is 46.3 Å². The van der Waals surface area contributed by atoms with Gasteiger partial charge >= 0.3 is 0 Å². The third-order valence-electron chi connectivity index (χ3n) is 2.71. The predicted molar refractivity (Wildman–Crippen MR) is 76.9 cm³/mol. The van der Waals surface area contributed by atoms with E-state index < -0.39 is 6.10 Å². The molecule has 1 atom stereocenters. The molecule has 0 spiro atoms. The van der Waals surface area contributed by atoms with E-state index in [0.29, 0.717) is 10.9 Å². The Balaban J connectivity index is 2.24. The summed E-state index contributed by atoms with van der Waals surface area (Å²) in [5.41, 5.74) is 1.55. The highest BCUT2D eigenvalue weighted by Crippen LogP contribution is 2.29. The van der Waals surface area contributed by atoms with Gasteiger partial charge in [0.25, 0.3) is 0 Å². The van der Waals surface area contributed by atoms with Gasteiger partial charge in [0.2, 0.25) is 0 Å². The molecule has 0 saturated heterocycles. The summed E-state index contributed by atoms with van der Waals surface area (Å²) in [6.07, 6.45) is -0.306. The summed E-state index contributed by atoms with van der Waals surface area (Å²) in [6, 6.07) is 12.3. The Kier molecular flexibility index (Phi) is 4.54. The van der Waals surface area contributed by atoms with Crippen molar-refractivity contribution in [2.45, 2.75) is 12.5 Å². The zero-order valence-corrected chi connectivity index (χ0v) is 12.6. The molecule has 0 aromatic heterocycles. The average Bonchev–Trinajstić information content (AvgIpc) is 2.35. The van der Waals surface area contributed by atoms with Crippen molar-refractivity contribution in [2.75, 3.05) is 0 Å². The van der Waals surface area contributed by atoms with Gasteiger partial charge in [0.1, 0.15) is 5.82 Å². The number of rotatable bonds is 3. The van der Waals surface area contributed by atoms with Crippen LogP contribution in [0.5, 0.6) is 0 Å². The van der Waals surface area contributed by atoms with Crippen molar-refractivity contribution in [1.82, 2.24) is 0 Å². The first-order chi connectivity index (χ1) is 8.59. The van der Waals surface area contributed by atoms with Gasteiger partial charge in [-0.25, -0.2) is 4.39 Å². The molecule has 0 aliphatic carbocycles. The molecule has 1 nitrogen and oxygen atoms in total. The second kappa shape index (κ2) is 5.95. The van der Waals surface area contributed by atoms with Gasteiger partial charge in [-0.3, -0.25) is 0 Å². The summed E-state index contributed by atoms with van der Waals surface area (Å²) < 4.78 is 14.6. The molecule has 18 heavy (non-hydrogen) atoms. The molecule has 2 rings (SSSR count). The molecule has 0 aliphatic rings. The van der Waals surface area contributed by atoms with Gasteiger partial charge in [-0.05, 0) is 39.2 Å². The Hall–Kier alpha value is -0.710. The fourth-order valence-corrected chi connectivity index (χ4v) is 2.74. The molecule has 0 bridgehead atoms. The lowest BCUT2D eigenvalue weighted by atomic mass is 10.0. The third kappa shape index (κ3) is 2.99. The number of benzene rings is 2. The third-order valence-corrected chi connectivity index (χ3v) is 4.32. The van der Waals surface area contributed by atoms with E-state index in [4.69, 9.17) is 0 Å². The smallest absolute Gasteiger partial charge is 0.137 e. The molecular formula is C14H11Br2FO. The van der Waals surface area contributed by atoms with Crippen LogP contribution in [0.15, 0.2) is 51.4 Å². The molecule has 0 heterocycles. The predicted octanol–water partition coefficient (Wildman–Crippen LogP) is 4.63. The largest absolute Gasteiger partial charge is 0.388 e. The van der Waals surface area contributed by atoms with Gasteiger partial charge in [-0.15, -0.1) is 0 Å². The topological polar surface area (TPSA) is 20.2 Å². The van der Waals surface area contributed by atoms with Gasteiger partial charge < -0.3 is 5.11 Å². The maximum Gasteiger partial charge on any atom is 0.137 e. The molecule has 0 fully saturated rings. The van der Waals surface area contributed by atoms with Gasteiger partial charge in [-0.2, -0.15) is 0 Å². The van der Waals surface area contributed by atoms with Gasteiger partial charge in [0, 0.05) is 10.9 Å². The SMILES string of the molecule is OC(Cc1cccc(F)c1Br)c1ccccc1Br. The van der Waals surface area contributed by atoms with Crippen LogP contribution in [0.4, 0.5) is 4.39 Å². The molecule has 4 heteroatoms. The van der Waals surface area contributed by atoms with Crippen LogP contribution in [-0.4, -0.2) is 5.11 Å². The first kappa shape index (κ1) is 13.7. The molecule has 0 saturated carbocycles. The molecule has 94 valence electrons. The lowest BCUT2D eigenvalue weighted by Gasteiger charge is -2.14. The lowest BCUT2D eigenvalue weighted by molar-refractivity contribution is 0.177. The number of aliphatic hydroxyl groups excluding tert-OH is 1. The minimum absolute atomic E-state index is 0.313. The Morgan fingerprint density at radius 1 is 1.06 bits per heavy atom. The maximum absolute atomic E-state index is 13.4. The number of hydrogen-bond donors (Lipinski definition) is 1. The van der Waals surface area contributed by atoms with Crippen molar-refractivity contribution in [3.05, 3.63) is 68.4 Å². The Labute approximate surface area is 122 Å². The van der Waals surface area contributed by atoms with E-state index in [0.717, 1.165) is 15.6 Å². The highest BCUT2D eigenvalue weighted by Gasteiger charge is 2.14. The van der Waals surface area contributed by atoms with E-state index in [1.807, 2.05) is 24.3 Å². The minimum atomic E-state index is -0.668. The summed E-state index contributed by atoms with van der Waals surface area (Å²) in [5, 5.41) is 10.2. The normalized spacial score (nSPS) is 12.4. The zero-order chi connectivity index (χ0) is 13.1. The van der Waals surface area contributed by atoms with Crippen LogP contribution >= 0.6 is 31.9 Å². The fourth-order valence-electron chi connectivity index (χ4n) is 1.77. The molecule has 1 N–H and O–H groups in total. The number of aliphatic hydroxyl groups is 1. The molecule has 0 radical (unpaired) electrons. The molecule has 0 aliphatic heterocycles. The van der Waals surface area contributed by atoms with Crippen LogP contribution in [-0.2, 0) is 6.42 Å². The van der Waals surface area contributed by atoms with Crippen molar-refractivity contribution in [3.63, 3.8) is 0 Å². The highest BCUT2D eigenvalue weighted by atomic mass is 79.9. The fraction of sp³-hybridized carbons (Fsp3) is 0.143. The average molecular weight is 374 g/mol. The van der Waals surface area contributed by atoms with Crippen molar-refractivity contribution in [1.29, 1.82) is 0 Å². The van der Waals surface area contributed by atoms with Gasteiger partial charge in [0.15, 0.2) is 0 Å². The van der Waals surface area contributed by atoms with E-state index in [9.17, 15) is 9.50 Å².